The zero-order chi connectivity index (χ0) is 12.7. The molecule has 2 N–H and O–H groups in total. The summed E-state index contributed by atoms with van der Waals surface area (Å²) < 4.78 is 1.26. The van der Waals surface area contributed by atoms with Crippen molar-refractivity contribution in [2.24, 2.45) is 0 Å². The molecule has 0 aliphatic rings. The van der Waals surface area contributed by atoms with Gasteiger partial charge in [-0.1, -0.05) is 5.21 Å². The molecule has 0 atom stereocenters. The molecule has 0 radical (unpaired) electrons. The van der Waals surface area contributed by atoms with Crippen LogP contribution in [0.2, 0.25) is 0 Å². The van der Waals surface area contributed by atoms with Crippen molar-refractivity contribution in [3.05, 3.63) is 11.9 Å². The van der Waals surface area contributed by atoms with Crippen LogP contribution in [0.3, 0.4) is 0 Å². The molecule has 8 nitrogen and oxygen atoms in total. The molecule has 0 fully saturated rings. The first-order chi connectivity index (χ1) is 8.11. The minimum absolute atomic E-state index is 0.0130. The number of hydrogen-bond donors (Lipinski definition) is 2. The number of carbonyl (C=O) groups is 3. The molecule has 1 aromatic rings. The third kappa shape index (κ3) is 4.87. The Labute approximate surface area is 97.4 Å². The number of carbonyl (C=O) groups excluding carboxylic acids is 3. The van der Waals surface area contributed by atoms with Crippen molar-refractivity contribution in [1.29, 1.82) is 0 Å². The molecule has 0 saturated heterocycles. The molecule has 0 bridgehead atoms. The van der Waals surface area contributed by atoms with Crippen LogP contribution in [0.1, 0.15) is 17.4 Å². The predicted octanol–water partition coefficient (Wildman–Crippen LogP) is -1.66. The maximum Gasteiger partial charge on any atom is 0.241 e. The van der Waals surface area contributed by atoms with Crippen LogP contribution in [0, 0.1) is 0 Å². The molecule has 1 aromatic heterocycles. The molecule has 92 valence electrons. The van der Waals surface area contributed by atoms with Crippen molar-refractivity contribution in [1.82, 2.24) is 25.6 Å². The van der Waals surface area contributed by atoms with Crippen LogP contribution in [0.4, 0.5) is 0 Å². The lowest BCUT2D eigenvalue weighted by Crippen LogP contribution is -2.35. The van der Waals surface area contributed by atoms with Crippen LogP contribution in [0.5, 0.6) is 0 Å². The normalized spacial score (nSPS) is 9.71. The highest BCUT2D eigenvalue weighted by Gasteiger charge is 2.04. The van der Waals surface area contributed by atoms with Gasteiger partial charge in [0.1, 0.15) is 12.2 Å². The van der Waals surface area contributed by atoms with Crippen molar-refractivity contribution in [2.45, 2.75) is 13.5 Å². The van der Waals surface area contributed by atoms with Gasteiger partial charge >= 0.3 is 0 Å². The molecule has 0 spiro atoms. The second-order valence-corrected chi connectivity index (χ2v) is 3.29. The van der Waals surface area contributed by atoms with Crippen LogP contribution >= 0.6 is 0 Å². The fourth-order valence-electron chi connectivity index (χ4n) is 1.09. The summed E-state index contributed by atoms with van der Waals surface area (Å²) in [6.07, 6.45) is 1.93. The summed E-state index contributed by atoms with van der Waals surface area (Å²) in [5.74, 6) is -0.413. The smallest absolute Gasteiger partial charge is 0.241 e. The quantitative estimate of drug-likeness (QED) is 0.456. The Balaban J connectivity index is 2.25. The summed E-state index contributed by atoms with van der Waals surface area (Å²) in [6, 6.07) is 0. The molecule has 1 heterocycles. The van der Waals surface area contributed by atoms with Gasteiger partial charge in [0.25, 0.3) is 0 Å². The van der Waals surface area contributed by atoms with Crippen LogP contribution in [0.15, 0.2) is 6.20 Å². The van der Waals surface area contributed by atoms with Gasteiger partial charge in [0.15, 0.2) is 6.29 Å². The van der Waals surface area contributed by atoms with Crippen LogP contribution in [-0.4, -0.2) is 46.2 Å². The SMILES string of the molecule is CC(=O)NCCNC(=O)Cn1cc(C=O)nn1. The van der Waals surface area contributed by atoms with E-state index in [2.05, 4.69) is 20.9 Å². The molecule has 0 aliphatic heterocycles. The van der Waals surface area contributed by atoms with E-state index in [1.54, 1.807) is 0 Å². The number of hydrogen-bond acceptors (Lipinski definition) is 5. The lowest BCUT2D eigenvalue weighted by molar-refractivity contribution is -0.122. The predicted molar refractivity (Wildman–Crippen MR) is 57.1 cm³/mol. The van der Waals surface area contributed by atoms with E-state index in [1.807, 2.05) is 0 Å². The first-order valence-electron chi connectivity index (χ1n) is 4.98. The van der Waals surface area contributed by atoms with Gasteiger partial charge in [-0.25, -0.2) is 4.68 Å². The summed E-state index contributed by atoms with van der Waals surface area (Å²) in [6.45, 7) is 2.10. The maximum atomic E-state index is 11.4. The van der Waals surface area contributed by atoms with E-state index in [4.69, 9.17) is 0 Å². The summed E-state index contributed by atoms with van der Waals surface area (Å²) in [7, 11) is 0. The third-order valence-electron chi connectivity index (χ3n) is 1.80. The van der Waals surface area contributed by atoms with E-state index in [9.17, 15) is 14.4 Å². The molecule has 2 amide bonds. The first kappa shape index (κ1) is 12.8. The maximum absolute atomic E-state index is 11.4. The van der Waals surface area contributed by atoms with Crippen molar-refractivity contribution in [3.63, 3.8) is 0 Å². The van der Waals surface area contributed by atoms with Crippen molar-refractivity contribution < 1.29 is 14.4 Å². The number of aromatic nitrogens is 3. The standard InChI is InChI=1S/C9H13N5O3/c1-7(16)10-2-3-11-9(17)5-14-4-8(6-15)12-13-14/h4,6H,2-3,5H2,1H3,(H,10,16)(H,11,17). The van der Waals surface area contributed by atoms with E-state index in [1.165, 1.54) is 17.8 Å². The topological polar surface area (TPSA) is 106 Å². The minimum Gasteiger partial charge on any atom is -0.355 e. The van der Waals surface area contributed by atoms with E-state index in [0.717, 1.165) is 0 Å². The number of amides is 2. The average molecular weight is 239 g/mol. The highest BCUT2D eigenvalue weighted by Crippen LogP contribution is 1.87. The Morgan fingerprint density at radius 3 is 2.71 bits per heavy atom. The van der Waals surface area contributed by atoms with Crippen molar-refractivity contribution in [3.8, 4) is 0 Å². The Kier molecular flexibility index (Phi) is 4.79. The molecule has 1 rings (SSSR count). The molecule has 8 heteroatoms. The van der Waals surface area contributed by atoms with Crippen LogP contribution in [-0.2, 0) is 16.1 Å². The largest absolute Gasteiger partial charge is 0.355 e. The van der Waals surface area contributed by atoms with E-state index in [0.29, 0.717) is 19.4 Å². The lowest BCUT2D eigenvalue weighted by Gasteiger charge is -2.05. The number of rotatable bonds is 6. The Bertz CT molecular complexity index is 415. The number of nitrogens with zero attached hydrogens (tertiary/aromatic N) is 3. The van der Waals surface area contributed by atoms with Gasteiger partial charge in [0, 0.05) is 20.0 Å². The molecular weight excluding hydrogens is 226 g/mol. The zero-order valence-electron chi connectivity index (χ0n) is 9.34. The van der Waals surface area contributed by atoms with E-state index < -0.39 is 0 Å². The minimum atomic E-state index is -0.266. The Morgan fingerprint density at radius 2 is 2.12 bits per heavy atom. The second-order valence-electron chi connectivity index (χ2n) is 3.29. The molecule has 0 aliphatic carbocycles. The zero-order valence-corrected chi connectivity index (χ0v) is 9.34. The highest BCUT2D eigenvalue weighted by atomic mass is 16.2. The van der Waals surface area contributed by atoms with Crippen molar-refractivity contribution >= 4 is 18.1 Å². The molecule has 0 unspecified atom stereocenters. The highest BCUT2D eigenvalue weighted by molar-refractivity contribution is 5.76. The summed E-state index contributed by atoms with van der Waals surface area (Å²) in [5.41, 5.74) is 0.177. The van der Waals surface area contributed by atoms with E-state index >= 15 is 0 Å². The fraction of sp³-hybridized carbons (Fsp3) is 0.444. The van der Waals surface area contributed by atoms with Crippen LogP contribution < -0.4 is 10.6 Å². The monoisotopic (exact) mass is 239 g/mol. The van der Waals surface area contributed by atoms with Gasteiger partial charge in [-0.2, -0.15) is 0 Å². The second kappa shape index (κ2) is 6.36. The first-order valence-corrected chi connectivity index (χ1v) is 4.98. The van der Waals surface area contributed by atoms with Crippen molar-refractivity contribution in [2.75, 3.05) is 13.1 Å². The fourth-order valence-corrected chi connectivity index (χ4v) is 1.09. The molecule has 0 saturated carbocycles. The number of aldehydes is 1. The third-order valence-corrected chi connectivity index (χ3v) is 1.80. The lowest BCUT2D eigenvalue weighted by atomic mass is 10.5. The van der Waals surface area contributed by atoms with Gasteiger partial charge in [-0.15, -0.1) is 5.10 Å². The van der Waals surface area contributed by atoms with Gasteiger partial charge < -0.3 is 10.6 Å². The molecule has 0 aromatic carbocycles. The van der Waals surface area contributed by atoms with E-state index in [-0.39, 0.29) is 24.1 Å². The molecule has 17 heavy (non-hydrogen) atoms. The average Bonchev–Trinajstić information content (AvgIpc) is 2.72. The summed E-state index contributed by atoms with van der Waals surface area (Å²) in [5, 5.41) is 12.2. The van der Waals surface area contributed by atoms with Gasteiger partial charge in [-0.3, -0.25) is 14.4 Å². The van der Waals surface area contributed by atoms with Gasteiger partial charge in [0.2, 0.25) is 11.8 Å². The Morgan fingerprint density at radius 1 is 1.41 bits per heavy atom. The molecular formula is C9H13N5O3. The number of nitrogens with one attached hydrogen (secondary N) is 2. The van der Waals surface area contributed by atoms with Crippen LogP contribution in [0.25, 0.3) is 0 Å². The Hall–Kier alpha value is -2.25. The summed E-state index contributed by atoms with van der Waals surface area (Å²) in [4.78, 5) is 32.2. The summed E-state index contributed by atoms with van der Waals surface area (Å²) >= 11 is 0. The van der Waals surface area contributed by atoms with Gasteiger partial charge in [-0.05, 0) is 0 Å². The van der Waals surface area contributed by atoms with Gasteiger partial charge in [0.05, 0.1) is 6.20 Å².